The van der Waals surface area contributed by atoms with Gasteiger partial charge < -0.3 is 10.4 Å². The normalized spacial score (nSPS) is 15.8. The minimum absolute atomic E-state index is 0.118. The number of nitrogens with one attached hydrogen (secondary N) is 1. The van der Waals surface area contributed by atoms with Crippen LogP contribution in [0.25, 0.3) is 0 Å². The van der Waals surface area contributed by atoms with Crippen LogP contribution in [0.3, 0.4) is 0 Å². The number of aryl methyl sites for hydroxylation is 1. The van der Waals surface area contributed by atoms with Gasteiger partial charge in [0.1, 0.15) is 0 Å². The monoisotopic (exact) mass is 293 g/mol. The maximum Gasteiger partial charge on any atom is 0.230 e. The lowest BCUT2D eigenvalue weighted by molar-refractivity contribution is -0.118. The molecule has 0 radical (unpaired) electrons. The molecule has 1 aromatic carbocycles. The molecule has 0 bridgehead atoms. The van der Waals surface area contributed by atoms with Crippen molar-refractivity contribution in [2.75, 3.05) is 24.7 Å². The maximum absolute atomic E-state index is 11.7. The third kappa shape index (κ3) is 5.17. The standard InChI is InChI=1S/C16H23NO2S/c18-10-9-16(7-8-16)13-17-15(19)12-20-11-6-14-4-2-1-3-5-14/h1-5,18H,6-13H2,(H,17,19). The highest BCUT2D eigenvalue weighted by Crippen LogP contribution is 2.47. The van der Waals surface area contributed by atoms with E-state index >= 15 is 0 Å². The highest BCUT2D eigenvalue weighted by atomic mass is 32.2. The van der Waals surface area contributed by atoms with Gasteiger partial charge in [-0.15, -0.1) is 0 Å². The first kappa shape index (κ1) is 15.4. The largest absolute Gasteiger partial charge is 0.396 e. The van der Waals surface area contributed by atoms with E-state index in [1.807, 2.05) is 18.2 Å². The third-order valence-corrected chi connectivity index (χ3v) is 4.83. The number of aliphatic hydroxyl groups excluding tert-OH is 1. The van der Waals surface area contributed by atoms with Gasteiger partial charge in [-0.25, -0.2) is 0 Å². The van der Waals surface area contributed by atoms with Gasteiger partial charge in [-0.1, -0.05) is 30.3 Å². The summed E-state index contributed by atoms with van der Waals surface area (Å²) in [6.45, 7) is 0.952. The molecule has 1 aliphatic rings. The molecule has 2 rings (SSSR count). The van der Waals surface area contributed by atoms with Crippen molar-refractivity contribution in [3.05, 3.63) is 35.9 Å². The van der Waals surface area contributed by atoms with Crippen LogP contribution in [0, 0.1) is 5.41 Å². The molecule has 0 aromatic heterocycles. The van der Waals surface area contributed by atoms with Crippen LogP contribution in [0.15, 0.2) is 30.3 Å². The Morgan fingerprint density at radius 1 is 1.30 bits per heavy atom. The lowest BCUT2D eigenvalue weighted by Gasteiger charge is -2.14. The first-order valence-electron chi connectivity index (χ1n) is 7.23. The van der Waals surface area contributed by atoms with Gasteiger partial charge in [-0.05, 0) is 42.4 Å². The van der Waals surface area contributed by atoms with Crippen LogP contribution in [0.5, 0.6) is 0 Å². The smallest absolute Gasteiger partial charge is 0.230 e. The summed E-state index contributed by atoms with van der Waals surface area (Å²) < 4.78 is 0. The van der Waals surface area contributed by atoms with Gasteiger partial charge >= 0.3 is 0 Å². The number of carbonyl (C=O) groups is 1. The fraction of sp³-hybridized carbons (Fsp3) is 0.562. The van der Waals surface area contributed by atoms with Crippen molar-refractivity contribution in [3.63, 3.8) is 0 Å². The van der Waals surface area contributed by atoms with Crippen molar-refractivity contribution in [1.82, 2.24) is 5.32 Å². The average Bonchev–Trinajstić information content (AvgIpc) is 3.23. The van der Waals surface area contributed by atoms with Crippen molar-refractivity contribution >= 4 is 17.7 Å². The molecule has 0 aliphatic heterocycles. The van der Waals surface area contributed by atoms with E-state index in [0.717, 1.165) is 38.0 Å². The first-order valence-corrected chi connectivity index (χ1v) is 8.39. The lowest BCUT2D eigenvalue weighted by atomic mass is 10.0. The second-order valence-corrected chi connectivity index (χ2v) is 6.64. The summed E-state index contributed by atoms with van der Waals surface area (Å²) in [6.07, 6.45) is 4.09. The van der Waals surface area contributed by atoms with Crippen LogP contribution < -0.4 is 5.32 Å². The number of hydrogen-bond donors (Lipinski definition) is 2. The molecule has 1 saturated carbocycles. The molecule has 0 spiro atoms. The average molecular weight is 293 g/mol. The quantitative estimate of drug-likeness (QED) is 0.687. The Balaban J connectivity index is 1.54. The molecule has 1 fully saturated rings. The highest BCUT2D eigenvalue weighted by Gasteiger charge is 2.41. The van der Waals surface area contributed by atoms with E-state index in [2.05, 4.69) is 17.4 Å². The Kier molecular flexibility index (Phi) is 5.92. The molecule has 2 N–H and O–H groups in total. The van der Waals surface area contributed by atoms with E-state index in [4.69, 9.17) is 5.11 Å². The number of aliphatic hydroxyl groups is 1. The molecule has 0 unspecified atom stereocenters. The molecule has 110 valence electrons. The van der Waals surface area contributed by atoms with Crippen LogP contribution in [0.1, 0.15) is 24.8 Å². The fourth-order valence-corrected chi connectivity index (χ4v) is 3.08. The van der Waals surface area contributed by atoms with Crippen LogP contribution in [-0.4, -0.2) is 35.7 Å². The topological polar surface area (TPSA) is 49.3 Å². The number of rotatable bonds is 9. The zero-order valence-corrected chi connectivity index (χ0v) is 12.6. The summed E-state index contributed by atoms with van der Waals surface area (Å²) in [6, 6.07) is 10.3. The first-order chi connectivity index (χ1) is 9.74. The van der Waals surface area contributed by atoms with Gasteiger partial charge in [-0.3, -0.25) is 4.79 Å². The predicted molar refractivity (Wildman–Crippen MR) is 83.9 cm³/mol. The summed E-state index contributed by atoms with van der Waals surface area (Å²) in [5.41, 5.74) is 1.53. The minimum Gasteiger partial charge on any atom is -0.396 e. The van der Waals surface area contributed by atoms with Crippen molar-refractivity contribution in [3.8, 4) is 0 Å². The van der Waals surface area contributed by atoms with E-state index in [1.165, 1.54) is 5.56 Å². The number of carbonyl (C=O) groups excluding carboxylic acids is 1. The van der Waals surface area contributed by atoms with Gasteiger partial charge in [0.2, 0.25) is 5.91 Å². The van der Waals surface area contributed by atoms with Gasteiger partial charge in [0.15, 0.2) is 0 Å². The summed E-state index contributed by atoms with van der Waals surface area (Å²) >= 11 is 1.68. The molecule has 0 saturated heterocycles. The van der Waals surface area contributed by atoms with Gasteiger partial charge in [0, 0.05) is 13.2 Å². The molecule has 20 heavy (non-hydrogen) atoms. The van der Waals surface area contributed by atoms with Crippen LogP contribution in [-0.2, 0) is 11.2 Å². The summed E-state index contributed by atoms with van der Waals surface area (Å²) in [5, 5.41) is 12.0. The van der Waals surface area contributed by atoms with E-state index in [1.54, 1.807) is 11.8 Å². The Morgan fingerprint density at radius 2 is 2.05 bits per heavy atom. The van der Waals surface area contributed by atoms with Crippen LogP contribution in [0.4, 0.5) is 0 Å². The fourth-order valence-electron chi connectivity index (χ4n) is 2.27. The molecule has 3 nitrogen and oxygen atoms in total. The molecule has 0 heterocycles. The Labute approximate surface area is 125 Å². The molecule has 4 heteroatoms. The molecular weight excluding hydrogens is 270 g/mol. The number of benzene rings is 1. The van der Waals surface area contributed by atoms with Crippen LogP contribution in [0.2, 0.25) is 0 Å². The summed E-state index contributed by atoms with van der Waals surface area (Å²) in [7, 11) is 0. The molecule has 1 amide bonds. The Morgan fingerprint density at radius 3 is 2.70 bits per heavy atom. The number of amides is 1. The molecular formula is C16H23NO2S. The van der Waals surface area contributed by atoms with Crippen molar-refractivity contribution in [2.45, 2.75) is 25.7 Å². The Bertz CT molecular complexity index is 418. The predicted octanol–water partition coefficient (Wildman–Crippen LogP) is 2.24. The molecule has 0 atom stereocenters. The van der Waals surface area contributed by atoms with Gasteiger partial charge in [0.25, 0.3) is 0 Å². The second kappa shape index (κ2) is 7.70. The summed E-state index contributed by atoms with van der Waals surface area (Å²) in [5.74, 6) is 1.62. The van der Waals surface area contributed by atoms with Gasteiger partial charge in [0.05, 0.1) is 5.75 Å². The number of thioether (sulfide) groups is 1. The lowest BCUT2D eigenvalue weighted by Crippen LogP contribution is -2.32. The maximum atomic E-state index is 11.7. The summed E-state index contributed by atoms with van der Waals surface area (Å²) in [4.78, 5) is 11.7. The SMILES string of the molecule is O=C(CSCCc1ccccc1)NCC1(CCO)CC1. The Hall–Kier alpha value is -1.00. The number of hydrogen-bond acceptors (Lipinski definition) is 3. The molecule has 1 aromatic rings. The zero-order valence-electron chi connectivity index (χ0n) is 11.8. The van der Waals surface area contributed by atoms with E-state index in [-0.39, 0.29) is 17.9 Å². The van der Waals surface area contributed by atoms with Crippen LogP contribution >= 0.6 is 11.8 Å². The van der Waals surface area contributed by atoms with E-state index in [0.29, 0.717) is 5.75 Å². The van der Waals surface area contributed by atoms with Crippen molar-refractivity contribution in [1.29, 1.82) is 0 Å². The second-order valence-electron chi connectivity index (χ2n) is 5.54. The highest BCUT2D eigenvalue weighted by molar-refractivity contribution is 7.99. The van der Waals surface area contributed by atoms with Crippen molar-refractivity contribution < 1.29 is 9.90 Å². The van der Waals surface area contributed by atoms with Crippen molar-refractivity contribution in [2.24, 2.45) is 5.41 Å². The van der Waals surface area contributed by atoms with E-state index < -0.39 is 0 Å². The molecule has 1 aliphatic carbocycles. The third-order valence-electron chi connectivity index (χ3n) is 3.87. The van der Waals surface area contributed by atoms with Gasteiger partial charge in [-0.2, -0.15) is 11.8 Å². The zero-order chi connectivity index (χ0) is 14.3. The minimum atomic E-state index is 0.118. The van der Waals surface area contributed by atoms with E-state index in [9.17, 15) is 4.79 Å².